The van der Waals surface area contributed by atoms with Gasteiger partial charge in [-0.2, -0.15) is 0 Å². The number of para-hydroxylation sites is 1. The Morgan fingerprint density at radius 2 is 1.89 bits per heavy atom. The summed E-state index contributed by atoms with van der Waals surface area (Å²) >= 11 is 9.42. The van der Waals surface area contributed by atoms with Crippen molar-refractivity contribution < 1.29 is 14.1 Å². The fraction of sp³-hybridized carbons (Fsp3) is 0. The van der Waals surface area contributed by atoms with Crippen LogP contribution in [0.15, 0.2) is 70.0 Å². The molecule has 0 fully saturated rings. The molecule has 3 rings (SSSR count). The van der Waals surface area contributed by atoms with Crippen LogP contribution in [-0.4, -0.2) is 15.9 Å². The van der Waals surface area contributed by atoms with E-state index < -0.39 is 10.8 Å². The van der Waals surface area contributed by atoms with Crippen molar-refractivity contribution in [2.45, 2.75) is 4.90 Å². The summed E-state index contributed by atoms with van der Waals surface area (Å²) in [5.74, 6) is -0.177. The zero-order valence-electron chi connectivity index (χ0n) is 13.7. The summed E-state index contributed by atoms with van der Waals surface area (Å²) < 4.78 is 5.50. The number of benzene rings is 2. The number of anilines is 1. The smallest absolute Gasteiger partial charge is 0.293 e. The zero-order valence-corrected chi connectivity index (χ0v) is 15.4. The van der Waals surface area contributed by atoms with Gasteiger partial charge in [-0.05, 0) is 36.5 Å². The first-order chi connectivity index (χ1) is 12.9. The fourth-order valence-electron chi connectivity index (χ4n) is 2.29. The van der Waals surface area contributed by atoms with Crippen LogP contribution in [0.5, 0.6) is 0 Å². The van der Waals surface area contributed by atoms with Gasteiger partial charge in [0.1, 0.15) is 5.76 Å². The Hall–Kier alpha value is -3.17. The molecule has 1 amide bonds. The summed E-state index contributed by atoms with van der Waals surface area (Å²) in [6.45, 7) is 0. The van der Waals surface area contributed by atoms with E-state index in [4.69, 9.17) is 16.6 Å². The third kappa shape index (κ3) is 4.52. The van der Waals surface area contributed by atoms with Crippen LogP contribution in [-0.2, 0) is 0 Å². The van der Waals surface area contributed by atoms with E-state index in [1.54, 1.807) is 30.3 Å². The number of hydrogen-bond donors (Lipinski definition) is 3. The lowest BCUT2D eigenvalue weighted by Crippen LogP contribution is -2.34. The van der Waals surface area contributed by atoms with Crippen LogP contribution in [0.1, 0.15) is 10.6 Å². The van der Waals surface area contributed by atoms with Gasteiger partial charge in [-0.3, -0.25) is 20.2 Å². The second-order valence-electron chi connectivity index (χ2n) is 5.40. The number of amides is 1. The van der Waals surface area contributed by atoms with E-state index in [1.165, 1.54) is 18.2 Å². The van der Waals surface area contributed by atoms with Gasteiger partial charge in [0.25, 0.3) is 11.6 Å². The molecular weight excluding hydrogens is 386 g/mol. The zero-order chi connectivity index (χ0) is 19.4. The van der Waals surface area contributed by atoms with E-state index in [0.29, 0.717) is 21.9 Å². The number of nitrogens with one attached hydrogen (secondary N) is 2. The molecule has 2 N–H and O–H groups in total. The van der Waals surface area contributed by atoms with E-state index >= 15 is 0 Å². The van der Waals surface area contributed by atoms with Crippen molar-refractivity contribution in [1.29, 1.82) is 0 Å². The van der Waals surface area contributed by atoms with Crippen LogP contribution >= 0.6 is 24.8 Å². The topological polar surface area (TPSA) is 97.4 Å². The molecule has 0 atom stereocenters. The van der Waals surface area contributed by atoms with Crippen LogP contribution in [0, 0.1) is 10.1 Å². The lowest BCUT2D eigenvalue weighted by atomic mass is 10.1. The van der Waals surface area contributed by atoms with Gasteiger partial charge in [0.15, 0.2) is 10.9 Å². The van der Waals surface area contributed by atoms with Crippen molar-refractivity contribution in [2.24, 2.45) is 0 Å². The van der Waals surface area contributed by atoms with Gasteiger partial charge in [0.05, 0.1) is 10.6 Å². The monoisotopic (exact) mass is 399 g/mol. The minimum atomic E-state index is -0.541. The average molecular weight is 399 g/mol. The normalized spacial score (nSPS) is 10.3. The number of nitro benzene ring substituents is 1. The summed E-state index contributed by atoms with van der Waals surface area (Å²) in [5.41, 5.74) is 1.08. The van der Waals surface area contributed by atoms with E-state index in [2.05, 4.69) is 23.3 Å². The second-order valence-corrected chi connectivity index (χ2v) is 6.29. The number of carbonyl (C=O) groups is 1. The Balaban J connectivity index is 1.70. The quantitative estimate of drug-likeness (QED) is 0.262. The number of furan rings is 1. The van der Waals surface area contributed by atoms with Gasteiger partial charge in [-0.15, -0.1) is 12.6 Å². The molecule has 9 heteroatoms. The predicted octanol–water partition coefficient (Wildman–Crippen LogP) is 4.27. The van der Waals surface area contributed by atoms with Crippen LogP contribution < -0.4 is 10.6 Å². The molecule has 3 aromatic rings. The molecule has 0 bridgehead atoms. The number of carbonyl (C=O) groups excluding carboxylic acids is 1. The molecule has 1 heterocycles. The Morgan fingerprint density at radius 3 is 2.63 bits per heavy atom. The predicted molar refractivity (Wildman–Crippen MR) is 108 cm³/mol. The maximum atomic E-state index is 12.3. The number of nitro groups is 1. The molecule has 0 radical (unpaired) electrons. The highest BCUT2D eigenvalue weighted by molar-refractivity contribution is 7.81. The number of rotatable bonds is 4. The van der Waals surface area contributed by atoms with Crippen molar-refractivity contribution in [3.8, 4) is 11.3 Å². The Bertz CT molecular complexity index is 1030. The standard InChI is InChI=1S/C18H13N3O4S2/c22-17(20-18(27)19-13-6-1-2-7-16(13)26)15-9-8-14(25-15)11-4-3-5-12(10-11)21(23)24/h1-10,26H,(H2,19,20,22,27). The van der Waals surface area contributed by atoms with E-state index in [9.17, 15) is 14.9 Å². The minimum absolute atomic E-state index is 0.0276. The molecule has 0 unspecified atom stereocenters. The molecular formula is C18H13N3O4S2. The molecule has 0 aliphatic rings. The van der Waals surface area contributed by atoms with Gasteiger partial charge >= 0.3 is 0 Å². The van der Waals surface area contributed by atoms with Crippen molar-refractivity contribution in [3.63, 3.8) is 0 Å². The highest BCUT2D eigenvalue weighted by Crippen LogP contribution is 2.25. The molecule has 136 valence electrons. The summed E-state index contributed by atoms with van der Waals surface area (Å²) in [7, 11) is 0. The fourth-order valence-corrected chi connectivity index (χ4v) is 2.70. The van der Waals surface area contributed by atoms with Gasteiger partial charge in [-0.1, -0.05) is 24.3 Å². The van der Waals surface area contributed by atoms with Crippen LogP contribution in [0.25, 0.3) is 11.3 Å². The first-order valence-electron chi connectivity index (χ1n) is 7.69. The van der Waals surface area contributed by atoms with Crippen molar-refractivity contribution in [2.75, 3.05) is 5.32 Å². The molecule has 2 aromatic carbocycles. The summed E-state index contributed by atoms with van der Waals surface area (Å²) in [6.07, 6.45) is 0. The van der Waals surface area contributed by atoms with Crippen molar-refractivity contribution in [1.82, 2.24) is 5.32 Å². The molecule has 27 heavy (non-hydrogen) atoms. The van der Waals surface area contributed by atoms with Gasteiger partial charge < -0.3 is 9.73 Å². The maximum absolute atomic E-state index is 12.3. The van der Waals surface area contributed by atoms with Crippen molar-refractivity contribution >= 4 is 47.2 Å². The summed E-state index contributed by atoms with van der Waals surface area (Å²) in [5, 5.41) is 16.4. The SMILES string of the molecule is O=C(NC(=S)Nc1ccccc1S)c1ccc(-c2cccc([N+](=O)[O-])c2)o1. The number of hydrogen-bond acceptors (Lipinski definition) is 6. The van der Waals surface area contributed by atoms with Gasteiger partial charge in [0, 0.05) is 22.6 Å². The Morgan fingerprint density at radius 1 is 1.11 bits per heavy atom. The largest absolute Gasteiger partial charge is 0.451 e. The molecule has 0 aliphatic carbocycles. The van der Waals surface area contributed by atoms with Gasteiger partial charge in [0.2, 0.25) is 0 Å². The van der Waals surface area contributed by atoms with E-state index in [0.717, 1.165) is 0 Å². The third-order valence-electron chi connectivity index (χ3n) is 3.55. The first kappa shape index (κ1) is 18.6. The highest BCUT2D eigenvalue weighted by Gasteiger charge is 2.15. The Labute approximate surface area is 164 Å². The summed E-state index contributed by atoms with van der Waals surface area (Å²) in [6, 6.07) is 16.2. The minimum Gasteiger partial charge on any atom is -0.451 e. The van der Waals surface area contributed by atoms with Crippen LogP contribution in [0.3, 0.4) is 0 Å². The number of non-ortho nitro benzene ring substituents is 1. The average Bonchev–Trinajstić information content (AvgIpc) is 3.14. The number of thiol groups is 1. The van der Waals surface area contributed by atoms with Crippen molar-refractivity contribution in [3.05, 3.63) is 76.5 Å². The molecule has 0 aliphatic heterocycles. The summed E-state index contributed by atoms with van der Waals surface area (Å²) in [4.78, 5) is 23.4. The number of nitrogens with zero attached hydrogens (tertiary/aromatic N) is 1. The van der Waals surface area contributed by atoms with E-state index in [-0.39, 0.29) is 16.6 Å². The lowest BCUT2D eigenvalue weighted by Gasteiger charge is -2.10. The number of thiocarbonyl (C=S) groups is 1. The van der Waals surface area contributed by atoms with E-state index in [1.807, 2.05) is 12.1 Å². The highest BCUT2D eigenvalue weighted by atomic mass is 32.1. The van der Waals surface area contributed by atoms with Crippen LogP contribution in [0.4, 0.5) is 11.4 Å². The first-order valence-corrected chi connectivity index (χ1v) is 8.54. The second kappa shape index (κ2) is 8.02. The molecule has 7 nitrogen and oxygen atoms in total. The third-order valence-corrected chi connectivity index (χ3v) is 4.14. The molecule has 0 spiro atoms. The molecule has 0 saturated carbocycles. The Kier molecular flexibility index (Phi) is 5.53. The molecule has 1 aromatic heterocycles. The van der Waals surface area contributed by atoms with Crippen LogP contribution in [0.2, 0.25) is 0 Å². The van der Waals surface area contributed by atoms with Gasteiger partial charge in [-0.25, -0.2) is 0 Å². The molecule has 0 saturated heterocycles. The maximum Gasteiger partial charge on any atom is 0.293 e. The lowest BCUT2D eigenvalue weighted by molar-refractivity contribution is -0.384.